The molecule has 2 aromatic carbocycles. The number of aliphatic hydroxyl groups is 2. The van der Waals surface area contributed by atoms with Gasteiger partial charge in [-0.2, -0.15) is 18.2 Å². The molecule has 0 spiro atoms. The summed E-state index contributed by atoms with van der Waals surface area (Å²) < 4.78 is 44.3. The number of nitrogens with zero attached hydrogens (tertiary/aromatic N) is 2. The van der Waals surface area contributed by atoms with Gasteiger partial charge >= 0.3 is 6.18 Å². The maximum absolute atomic E-state index is 13.1. The Hall–Kier alpha value is -3.29. The van der Waals surface area contributed by atoms with Crippen LogP contribution in [0.1, 0.15) is 11.1 Å². The first-order valence-corrected chi connectivity index (χ1v) is 7.04. The molecule has 0 amide bonds. The van der Waals surface area contributed by atoms with Crippen molar-refractivity contribution in [2.24, 2.45) is 0 Å². The molecule has 0 saturated carbocycles. The van der Waals surface area contributed by atoms with Crippen LogP contribution in [0.25, 0.3) is 28.6 Å². The van der Waals surface area contributed by atoms with Crippen LogP contribution in [0.2, 0.25) is 0 Å². The Morgan fingerprint density at radius 1 is 1.08 bits per heavy atom. The molecule has 0 atom stereocenters. The normalized spacial score (nSPS) is 12.4. The zero-order valence-corrected chi connectivity index (χ0v) is 12.5. The number of benzene rings is 2. The number of rotatable bonds is 3. The number of aliphatic hydroxyl groups excluding tert-OH is 2. The summed E-state index contributed by atoms with van der Waals surface area (Å²) in [5.41, 5.74) is -0.393. The first kappa shape index (κ1) is 16.6. The van der Waals surface area contributed by atoms with Crippen LogP contribution in [0.5, 0.6) is 0 Å². The predicted octanol–water partition coefficient (Wildman–Crippen LogP) is 4.84. The highest BCUT2D eigenvalue weighted by Crippen LogP contribution is 2.36. The molecular weight excluding hydrogens is 337 g/mol. The number of halogens is 3. The molecule has 5 nitrogen and oxygen atoms in total. The zero-order valence-electron chi connectivity index (χ0n) is 12.5. The van der Waals surface area contributed by atoms with Gasteiger partial charge in [0.2, 0.25) is 5.82 Å². The van der Waals surface area contributed by atoms with Gasteiger partial charge in [-0.05, 0) is 18.2 Å². The van der Waals surface area contributed by atoms with E-state index in [1.54, 1.807) is 12.1 Å². The molecule has 128 valence electrons. The summed E-state index contributed by atoms with van der Waals surface area (Å²) in [5, 5.41) is 22.1. The second kappa shape index (κ2) is 6.31. The fourth-order valence-electron chi connectivity index (χ4n) is 2.26. The van der Waals surface area contributed by atoms with Crippen molar-refractivity contribution in [1.82, 2.24) is 10.1 Å². The molecule has 1 aromatic heterocycles. The first-order valence-electron chi connectivity index (χ1n) is 7.04. The van der Waals surface area contributed by atoms with Crippen LogP contribution in [-0.2, 0) is 6.18 Å². The number of hydrogen-bond acceptors (Lipinski definition) is 5. The highest BCUT2D eigenvalue weighted by molar-refractivity contribution is 5.67. The summed E-state index contributed by atoms with van der Waals surface area (Å²) in [5.74, 6) is -0.581. The van der Waals surface area contributed by atoms with E-state index in [9.17, 15) is 18.3 Å². The maximum atomic E-state index is 13.1. The smallest absolute Gasteiger partial charge is 0.417 e. The van der Waals surface area contributed by atoms with Crippen LogP contribution in [0.4, 0.5) is 13.2 Å². The molecule has 0 bridgehead atoms. The molecule has 2 N–H and O–H groups in total. The number of hydrogen-bond donors (Lipinski definition) is 2. The zero-order chi connectivity index (χ0) is 18.0. The van der Waals surface area contributed by atoms with E-state index in [-0.39, 0.29) is 23.0 Å². The van der Waals surface area contributed by atoms with Crippen molar-refractivity contribution in [1.29, 1.82) is 0 Å². The van der Waals surface area contributed by atoms with E-state index in [0.717, 1.165) is 6.07 Å². The topological polar surface area (TPSA) is 79.4 Å². The van der Waals surface area contributed by atoms with Crippen molar-refractivity contribution in [2.75, 3.05) is 0 Å². The van der Waals surface area contributed by atoms with E-state index in [0.29, 0.717) is 17.4 Å². The minimum atomic E-state index is -4.55. The van der Waals surface area contributed by atoms with E-state index in [1.165, 1.54) is 30.3 Å². The second-order valence-corrected chi connectivity index (χ2v) is 5.06. The minimum absolute atomic E-state index is 0.0552. The Bertz CT molecular complexity index is 933. The summed E-state index contributed by atoms with van der Waals surface area (Å²) in [6.45, 7) is 0. The van der Waals surface area contributed by atoms with E-state index in [2.05, 4.69) is 10.1 Å². The lowest BCUT2D eigenvalue weighted by Gasteiger charge is -2.09. The van der Waals surface area contributed by atoms with Gasteiger partial charge in [0, 0.05) is 11.1 Å². The average Bonchev–Trinajstić information content (AvgIpc) is 3.10. The Kier molecular flexibility index (Phi) is 4.18. The summed E-state index contributed by atoms with van der Waals surface area (Å²) in [6.07, 6.45) is -4.02. The molecule has 0 saturated heterocycles. The molecule has 3 aromatic rings. The van der Waals surface area contributed by atoms with Crippen LogP contribution in [0, 0.1) is 0 Å². The van der Waals surface area contributed by atoms with Gasteiger partial charge in [-0.15, -0.1) is 0 Å². The Morgan fingerprint density at radius 2 is 1.84 bits per heavy atom. The van der Waals surface area contributed by atoms with Gasteiger partial charge in [0.15, 0.2) is 5.76 Å². The van der Waals surface area contributed by atoms with Crippen molar-refractivity contribution < 1.29 is 27.9 Å². The van der Waals surface area contributed by atoms with Crippen LogP contribution in [-0.4, -0.2) is 20.4 Å². The first-order chi connectivity index (χ1) is 11.9. The SMILES string of the molecule is O/C=C(\O)c1cccc(-c2noc(-c3ccccc3C(F)(F)F)n2)c1. The lowest BCUT2D eigenvalue weighted by atomic mass is 10.1. The highest BCUT2D eigenvalue weighted by Gasteiger charge is 2.34. The summed E-state index contributed by atoms with van der Waals surface area (Å²) in [7, 11) is 0. The molecule has 0 aliphatic rings. The standard InChI is InChI=1S/C17H11F3N2O3/c18-17(19,20)13-7-2-1-6-12(13)16-21-15(22-25-16)11-5-3-4-10(8-11)14(24)9-23/h1-9,23-24H/b14-9-. The van der Waals surface area contributed by atoms with Crippen molar-refractivity contribution in [3.05, 3.63) is 65.9 Å². The molecule has 1 heterocycles. The molecule has 0 fully saturated rings. The fourth-order valence-corrected chi connectivity index (χ4v) is 2.26. The van der Waals surface area contributed by atoms with Crippen molar-refractivity contribution in [3.63, 3.8) is 0 Å². The van der Waals surface area contributed by atoms with E-state index in [4.69, 9.17) is 9.63 Å². The monoisotopic (exact) mass is 348 g/mol. The van der Waals surface area contributed by atoms with Crippen LogP contribution in [0.15, 0.2) is 59.3 Å². The lowest BCUT2D eigenvalue weighted by Crippen LogP contribution is -2.06. The van der Waals surface area contributed by atoms with Crippen molar-refractivity contribution in [2.45, 2.75) is 6.18 Å². The highest BCUT2D eigenvalue weighted by atomic mass is 19.4. The summed E-state index contributed by atoms with van der Waals surface area (Å²) in [4.78, 5) is 4.01. The van der Waals surface area contributed by atoms with Crippen LogP contribution >= 0.6 is 0 Å². The Labute approximate surface area is 139 Å². The Balaban J connectivity index is 2.03. The molecule has 0 unspecified atom stereocenters. The van der Waals surface area contributed by atoms with Crippen LogP contribution in [0.3, 0.4) is 0 Å². The summed E-state index contributed by atoms with van der Waals surface area (Å²) >= 11 is 0. The molecule has 8 heteroatoms. The quantitative estimate of drug-likeness (QED) is 0.662. The van der Waals surface area contributed by atoms with E-state index in [1.807, 2.05) is 0 Å². The predicted molar refractivity (Wildman–Crippen MR) is 83.4 cm³/mol. The lowest BCUT2D eigenvalue weighted by molar-refractivity contribution is -0.137. The average molecular weight is 348 g/mol. The van der Waals surface area contributed by atoms with Gasteiger partial charge in [0.25, 0.3) is 5.89 Å². The number of alkyl halides is 3. The fraction of sp³-hybridized carbons (Fsp3) is 0.0588. The maximum Gasteiger partial charge on any atom is 0.417 e. The molecule has 0 aliphatic heterocycles. The molecule has 0 aliphatic carbocycles. The third kappa shape index (κ3) is 3.32. The molecule has 25 heavy (non-hydrogen) atoms. The molecular formula is C17H11F3N2O3. The summed E-state index contributed by atoms with van der Waals surface area (Å²) in [6, 6.07) is 11.1. The minimum Gasteiger partial charge on any atom is -0.512 e. The largest absolute Gasteiger partial charge is 0.512 e. The van der Waals surface area contributed by atoms with E-state index < -0.39 is 11.7 Å². The van der Waals surface area contributed by atoms with E-state index >= 15 is 0 Å². The molecule has 0 radical (unpaired) electrons. The third-order valence-corrected chi connectivity index (χ3v) is 3.43. The van der Waals surface area contributed by atoms with Crippen molar-refractivity contribution in [3.8, 4) is 22.8 Å². The van der Waals surface area contributed by atoms with Gasteiger partial charge in [-0.3, -0.25) is 0 Å². The van der Waals surface area contributed by atoms with Crippen molar-refractivity contribution >= 4 is 5.76 Å². The van der Waals surface area contributed by atoms with Crippen LogP contribution < -0.4 is 0 Å². The second-order valence-electron chi connectivity index (χ2n) is 5.06. The van der Waals surface area contributed by atoms with Gasteiger partial charge in [-0.1, -0.05) is 35.5 Å². The van der Waals surface area contributed by atoms with Gasteiger partial charge in [0.05, 0.1) is 11.1 Å². The Morgan fingerprint density at radius 3 is 2.56 bits per heavy atom. The number of aromatic nitrogens is 2. The van der Waals surface area contributed by atoms with Gasteiger partial charge in [-0.25, -0.2) is 0 Å². The van der Waals surface area contributed by atoms with Gasteiger partial charge in [0.1, 0.15) is 6.26 Å². The van der Waals surface area contributed by atoms with Gasteiger partial charge < -0.3 is 14.7 Å². The third-order valence-electron chi connectivity index (χ3n) is 3.43. The molecule has 3 rings (SSSR count).